The van der Waals surface area contributed by atoms with Crippen molar-refractivity contribution in [1.82, 2.24) is 0 Å². The average Bonchev–Trinajstić information content (AvgIpc) is 2.22. The summed E-state index contributed by atoms with van der Waals surface area (Å²) in [5, 5.41) is 0. The molecule has 0 radical (unpaired) electrons. The zero-order valence-electron chi connectivity index (χ0n) is 8.55. The molecule has 0 aromatic heterocycles. The van der Waals surface area contributed by atoms with Crippen molar-refractivity contribution in [2.24, 2.45) is 0 Å². The Morgan fingerprint density at radius 2 is 2.08 bits per heavy atom. The molecule has 76 valence electrons. The minimum atomic E-state index is -0.241. The predicted octanol–water partition coefficient (Wildman–Crippen LogP) is 2.26. The molecule has 0 amide bonds. The topological polar surface area (TPSA) is 26.3 Å². The van der Waals surface area contributed by atoms with E-state index in [1.165, 1.54) is 6.42 Å². The lowest BCUT2D eigenvalue weighted by Gasteiger charge is -2.04. The smallest absolute Gasteiger partial charge is 0.310 e. The Balaban J connectivity index is 0.000000223. The molecule has 0 N–H and O–H groups in total. The first-order valence-electron chi connectivity index (χ1n) is 5.11. The van der Waals surface area contributed by atoms with Gasteiger partial charge in [0, 0.05) is 15.9 Å². The number of hydrogen-bond donors (Lipinski definition) is 0. The van der Waals surface area contributed by atoms with Crippen molar-refractivity contribution in [2.45, 2.75) is 44.7 Å². The molecule has 1 rings (SSSR count). The van der Waals surface area contributed by atoms with E-state index in [4.69, 9.17) is 0 Å². The number of hydrogen-bond acceptors (Lipinski definition) is 2. The van der Waals surface area contributed by atoms with Crippen LogP contribution >= 0.6 is 0 Å². The van der Waals surface area contributed by atoms with Crippen LogP contribution in [0.5, 0.6) is 0 Å². The van der Waals surface area contributed by atoms with Crippen molar-refractivity contribution in [3.8, 4) is 0 Å². The molecule has 3 heteroatoms. The molecule has 0 saturated carbocycles. The number of rotatable bonds is 2. The fraction of sp³-hybridized carbons (Fsp3) is 0.700. The molecule has 1 aliphatic rings. The fourth-order valence-corrected chi connectivity index (χ4v) is 3.00. The summed E-state index contributed by atoms with van der Waals surface area (Å²) >= 11 is 0. The van der Waals surface area contributed by atoms with Gasteiger partial charge in [0.1, 0.15) is 0 Å². The first-order valence-corrected chi connectivity index (χ1v) is 7.11. The third-order valence-electron chi connectivity index (χ3n) is 2.00. The molecule has 1 aliphatic heterocycles. The quantitative estimate of drug-likeness (QED) is 0.388. The van der Waals surface area contributed by atoms with Crippen LogP contribution < -0.4 is 0 Å². The van der Waals surface area contributed by atoms with Crippen molar-refractivity contribution >= 4 is 15.5 Å². The maximum absolute atomic E-state index is 10.1. The summed E-state index contributed by atoms with van der Waals surface area (Å²) < 4.78 is 4.32. The molecule has 13 heavy (non-hydrogen) atoms. The van der Waals surface area contributed by atoms with Crippen LogP contribution in [0, 0.1) is 0 Å². The van der Waals surface area contributed by atoms with E-state index in [0.717, 1.165) is 6.26 Å². The van der Waals surface area contributed by atoms with Gasteiger partial charge in [-0.2, -0.15) is 0 Å². The van der Waals surface area contributed by atoms with Crippen molar-refractivity contribution in [3.63, 3.8) is 0 Å². The van der Waals surface area contributed by atoms with Gasteiger partial charge in [-0.25, -0.2) is 0 Å². The molecule has 1 fully saturated rings. The zero-order chi connectivity index (χ0) is 9.94. The summed E-state index contributed by atoms with van der Waals surface area (Å²) in [5.74, 6) is -0.241. The monoisotopic (exact) mass is 200 g/mol. The molecule has 0 bridgehead atoms. The summed E-state index contributed by atoms with van der Waals surface area (Å²) in [5.41, 5.74) is 0. The van der Waals surface area contributed by atoms with Crippen LogP contribution in [0.15, 0.2) is 12.8 Å². The van der Waals surface area contributed by atoms with E-state index < -0.39 is 0 Å². The third-order valence-corrected chi connectivity index (χ3v) is 4.00. The molecular formula is C10H20O2Si. The summed E-state index contributed by atoms with van der Waals surface area (Å²) in [4.78, 5) is 10.1. The first kappa shape index (κ1) is 12.4. The van der Waals surface area contributed by atoms with Crippen molar-refractivity contribution in [3.05, 3.63) is 12.8 Å². The standard InChI is InChI=1S/C5H8O2.C5H12Si/c1-3-5(6)7-4-2;1-2-4-6-5-3-1/h4H,2-3H2,1H3;1-6H2. The maximum Gasteiger partial charge on any atom is 0.310 e. The molecule has 0 aromatic rings. The van der Waals surface area contributed by atoms with Gasteiger partial charge < -0.3 is 4.74 Å². The number of ether oxygens (including phenoxy) is 1. The lowest BCUT2D eigenvalue weighted by molar-refractivity contribution is -0.137. The Bertz CT molecular complexity index is 130. The molecule has 1 heterocycles. The summed E-state index contributed by atoms with van der Waals surface area (Å²) in [6, 6.07) is 3.28. The van der Waals surface area contributed by atoms with Gasteiger partial charge in [0.05, 0.1) is 6.26 Å². The van der Waals surface area contributed by atoms with Gasteiger partial charge in [-0.1, -0.05) is 44.9 Å². The molecule has 0 atom stereocenters. The van der Waals surface area contributed by atoms with Crippen LogP contribution in [0.25, 0.3) is 0 Å². The highest BCUT2D eigenvalue weighted by Crippen LogP contribution is 2.10. The van der Waals surface area contributed by atoms with E-state index in [2.05, 4.69) is 11.3 Å². The zero-order valence-corrected chi connectivity index (χ0v) is 9.96. The van der Waals surface area contributed by atoms with E-state index in [1.807, 2.05) is 0 Å². The Morgan fingerprint density at radius 3 is 2.23 bits per heavy atom. The molecular weight excluding hydrogens is 180 g/mol. The summed E-state index contributed by atoms with van der Waals surface area (Å²) in [7, 11) is 0.508. The van der Waals surface area contributed by atoms with Gasteiger partial charge in [0.2, 0.25) is 0 Å². The Hall–Kier alpha value is -0.573. The number of esters is 1. The second-order valence-electron chi connectivity index (χ2n) is 3.13. The van der Waals surface area contributed by atoms with Crippen molar-refractivity contribution in [2.75, 3.05) is 0 Å². The minimum Gasteiger partial charge on any atom is -0.435 e. The molecule has 0 aromatic carbocycles. The van der Waals surface area contributed by atoms with E-state index in [0.29, 0.717) is 15.9 Å². The highest BCUT2D eigenvalue weighted by molar-refractivity contribution is 6.35. The van der Waals surface area contributed by atoms with Crippen LogP contribution in [0.1, 0.15) is 32.6 Å². The Morgan fingerprint density at radius 1 is 1.46 bits per heavy atom. The maximum atomic E-state index is 10.1. The van der Waals surface area contributed by atoms with Crippen LogP contribution in [0.3, 0.4) is 0 Å². The highest BCUT2D eigenvalue weighted by atomic mass is 28.2. The molecule has 2 nitrogen and oxygen atoms in total. The second-order valence-corrected chi connectivity index (χ2v) is 5.25. The molecule has 0 aliphatic carbocycles. The van der Waals surface area contributed by atoms with Crippen molar-refractivity contribution < 1.29 is 9.53 Å². The largest absolute Gasteiger partial charge is 0.435 e. The first-order chi connectivity index (χ1) is 6.31. The van der Waals surface area contributed by atoms with Gasteiger partial charge in [-0.3, -0.25) is 4.79 Å². The van der Waals surface area contributed by atoms with Gasteiger partial charge >= 0.3 is 5.97 Å². The third kappa shape index (κ3) is 9.34. The highest BCUT2D eigenvalue weighted by Gasteiger charge is 1.96. The van der Waals surface area contributed by atoms with Crippen LogP contribution in [-0.4, -0.2) is 15.5 Å². The van der Waals surface area contributed by atoms with Crippen LogP contribution in [0.2, 0.25) is 12.1 Å². The van der Waals surface area contributed by atoms with Gasteiger partial charge in [-0.05, 0) is 0 Å². The van der Waals surface area contributed by atoms with Crippen LogP contribution in [-0.2, 0) is 9.53 Å². The predicted molar refractivity (Wildman–Crippen MR) is 58.6 cm³/mol. The molecule has 0 spiro atoms. The van der Waals surface area contributed by atoms with Gasteiger partial charge in [-0.15, -0.1) is 0 Å². The van der Waals surface area contributed by atoms with E-state index in [1.54, 1.807) is 31.9 Å². The number of carbonyl (C=O) groups excluding carboxylic acids is 1. The van der Waals surface area contributed by atoms with Gasteiger partial charge in [0.25, 0.3) is 0 Å². The average molecular weight is 200 g/mol. The number of carbonyl (C=O) groups is 1. The minimum absolute atomic E-state index is 0.241. The summed E-state index contributed by atoms with van der Waals surface area (Å²) in [6.07, 6.45) is 6.20. The molecule has 1 saturated heterocycles. The normalized spacial score (nSPS) is 15.2. The van der Waals surface area contributed by atoms with E-state index in [-0.39, 0.29) is 5.97 Å². The lowest BCUT2D eigenvalue weighted by Crippen LogP contribution is -1.94. The Labute approximate surface area is 83.2 Å². The fourth-order valence-electron chi connectivity index (χ4n) is 1.24. The SMILES string of the molecule is C1CC[SiH2]CC1.C=COC(=O)CC. The van der Waals surface area contributed by atoms with Crippen molar-refractivity contribution in [1.29, 1.82) is 0 Å². The molecule has 0 unspecified atom stereocenters. The van der Waals surface area contributed by atoms with Gasteiger partial charge in [0.15, 0.2) is 0 Å². The lowest BCUT2D eigenvalue weighted by atomic mass is 10.3. The Kier molecular flexibility index (Phi) is 9.09. The second kappa shape index (κ2) is 9.51. The van der Waals surface area contributed by atoms with E-state index in [9.17, 15) is 4.79 Å². The van der Waals surface area contributed by atoms with Crippen LogP contribution in [0.4, 0.5) is 0 Å². The van der Waals surface area contributed by atoms with E-state index >= 15 is 0 Å². The summed E-state index contributed by atoms with van der Waals surface area (Å²) in [6.45, 7) is 4.93.